The predicted molar refractivity (Wildman–Crippen MR) is 189 cm³/mol. The van der Waals surface area contributed by atoms with Gasteiger partial charge in [0.1, 0.15) is 38.1 Å². The lowest BCUT2D eigenvalue weighted by atomic mass is 10.4. The Morgan fingerprint density at radius 2 is 0.902 bits per heavy atom. The molecule has 0 saturated carbocycles. The van der Waals surface area contributed by atoms with E-state index >= 15 is 0 Å². The van der Waals surface area contributed by atoms with Gasteiger partial charge in [-0.05, 0) is 34.6 Å². The number of nitrogens with two attached hydrogens (primary N) is 4. The van der Waals surface area contributed by atoms with E-state index in [-0.39, 0.29) is 47.3 Å². The van der Waals surface area contributed by atoms with Gasteiger partial charge in [0.05, 0.1) is 19.3 Å². The molecule has 0 bridgehead atoms. The molecule has 0 fully saturated rings. The van der Waals surface area contributed by atoms with Crippen LogP contribution in [0.3, 0.4) is 0 Å². The third-order valence-electron chi connectivity index (χ3n) is 3.38. The van der Waals surface area contributed by atoms with Crippen molar-refractivity contribution in [3.63, 3.8) is 0 Å². The van der Waals surface area contributed by atoms with Gasteiger partial charge in [0.25, 0.3) is 0 Å². The third kappa shape index (κ3) is 76.2. The molecule has 0 rings (SSSR count). The molecule has 0 heterocycles. The lowest BCUT2D eigenvalue weighted by Crippen LogP contribution is -2.25. The molecule has 0 aromatic rings. The van der Waals surface area contributed by atoms with Crippen LogP contribution in [0.15, 0.2) is 38.0 Å². The molecule has 20 nitrogen and oxygen atoms in total. The summed E-state index contributed by atoms with van der Waals surface area (Å²) in [6.45, 7) is 21.7. The van der Waals surface area contributed by atoms with Gasteiger partial charge in [-0.15, -0.1) is 0 Å². The lowest BCUT2D eigenvalue weighted by Gasteiger charge is -2.10. The fraction of sp³-hybridized carbons (Fsp3) is 0.581. The minimum absolute atomic E-state index is 0. The first-order chi connectivity index (χ1) is 22.7. The number of aliphatic hydroxyl groups excluding tert-OH is 2. The molecule has 0 radical (unpaired) electrons. The van der Waals surface area contributed by atoms with Crippen LogP contribution in [-0.4, -0.2) is 110 Å². The highest BCUT2D eigenvalue weighted by atomic mass is 16.6. The van der Waals surface area contributed by atoms with Gasteiger partial charge in [-0.1, -0.05) is 48.4 Å². The molecule has 0 spiro atoms. The number of hydrogen-bond acceptors (Lipinski definition) is 16. The summed E-state index contributed by atoms with van der Waals surface area (Å²) < 4.78 is 31.0. The Kier molecular flexibility index (Phi) is 58.8. The highest BCUT2D eigenvalue weighted by molar-refractivity contribution is 5.81. The summed E-state index contributed by atoms with van der Waals surface area (Å²) in [7, 11) is 0. The smallest absolute Gasteiger partial charge is 0.404 e. The first-order valence-corrected chi connectivity index (χ1v) is 14.2. The second-order valence-corrected chi connectivity index (χ2v) is 8.03. The van der Waals surface area contributed by atoms with Crippen LogP contribution in [0.4, 0.5) is 19.2 Å². The van der Waals surface area contributed by atoms with Gasteiger partial charge < -0.3 is 66.3 Å². The number of hydrogen-bond donors (Lipinski definition) is 6. The zero-order valence-corrected chi connectivity index (χ0v) is 29.1. The molecule has 4 atom stereocenters. The number of ether oxygens (including phenoxy) is 7. The summed E-state index contributed by atoms with van der Waals surface area (Å²) in [5.41, 5.74) is 18.6. The van der Waals surface area contributed by atoms with Crippen LogP contribution in [0.5, 0.6) is 0 Å². The average Bonchev–Trinajstić information content (AvgIpc) is 3.03. The SMILES string of the molecule is C.C.C=CC(=O)OC(C)COC(N)=O.C=CC(=O)OCC.C=CC(=O)OCC(C)OC(N)=O.CC.CC(CO)OC(N)=O.CC(O)COC(N)=O. The second kappa shape index (κ2) is 46.7. The average molecular weight is 747 g/mol. The van der Waals surface area contributed by atoms with Crippen molar-refractivity contribution in [1.29, 1.82) is 0 Å². The van der Waals surface area contributed by atoms with Crippen molar-refractivity contribution in [2.75, 3.05) is 33.0 Å². The topological polar surface area (TPSA) is 329 Å². The molecule has 302 valence electrons. The fourth-order valence-corrected chi connectivity index (χ4v) is 1.61. The maximum Gasteiger partial charge on any atom is 0.404 e. The van der Waals surface area contributed by atoms with Gasteiger partial charge >= 0.3 is 42.3 Å². The Balaban J connectivity index is -0.0000000750. The molecule has 20 heteroatoms. The molecule has 0 aliphatic rings. The lowest BCUT2D eigenvalue weighted by molar-refractivity contribution is -0.144. The zero-order valence-electron chi connectivity index (χ0n) is 29.1. The van der Waals surface area contributed by atoms with Crippen LogP contribution in [0.25, 0.3) is 0 Å². The molecular weight excluding hydrogens is 684 g/mol. The van der Waals surface area contributed by atoms with E-state index in [0.717, 1.165) is 18.2 Å². The maximum absolute atomic E-state index is 10.6. The van der Waals surface area contributed by atoms with Crippen LogP contribution < -0.4 is 22.9 Å². The highest BCUT2D eigenvalue weighted by Gasteiger charge is 2.08. The summed E-state index contributed by atoms with van der Waals surface area (Å²) in [6, 6.07) is 0. The number of aliphatic hydroxyl groups is 2. The van der Waals surface area contributed by atoms with Crippen LogP contribution in [0, 0.1) is 0 Å². The number of rotatable bonds is 14. The van der Waals surface area contributed by atoms with E-state index in [4.69, 9.17) is 15.9 Å². The monoisotopic (exact) mass is 746 g/mol. The molecule has 0 aromatic carbocycles. The molecule has 51 heavy (non-hydrogen) atoms. The number of amides is 4. The molecule has 0 saturated heterocycles. The van der Waals surface area contributed by atoms with Crippen molar-refractivity contribution < 1.29 is 76.9 Å². The Labute approximate surface area is 301 Å². The van der Waals surface area contributed by atoms with Gasteiger partial charge in [-0.25, -0.2) is 33.6 Å². The molecule has 4 unspecified atom stereocenters. The van der Waals surface area contributed by atoms with E-state index in [1.165, 1.54) is 6.92 Å². The van der Waals surface area contributed by atoms with Crippen molar-refractivity contribution in [2.24, 2.45) is 22.9 Å². The molecule has 10 N–H and O–H groups in total. The summed E-state index contributed by atoms with van der Waals surface area (Å²) in [4.78, 5) is 71.0. The summed E-state index contributed by atoms with van der Waals surface area (Å²) >= 11 is 0. The largest absolute Gasteiger partial charge is 0.463 e. The van der Waals surface area contributed by atoms with Gasteiger partial charge in [0.15, 0.2) is 0 Å². The Morgan fingerprint density at radius 3 is 1.16 bits per heavy atom. The van der Waals surface area contributed by atoms with Crippen molar-refractivity contribution >= 4 is 42.3 Å². The fourth-order valence-electron chi connectivity index (χ4n) is 1.61. The van der Waals surface area contributed by atoms with Crippen LogP contribution >= 0.6 is 0 Å². The summed E-state index contributed by atoms with van der Waals surface area (Å²) in [6.07, 6.45) is -2.48. The molecular formula is C31H62N4O16. The van der Waals surface area contributed by atoms with Gasteiger partial charge in [-0.2, -0.15) is 0 Å². The highest BCUT2D eigenvalue weighted by Crippen LogP contribution is 1.93. The minimum Gasteiger partial charge on any atom is -0.463 e. The van der Waals surface area contributed by atoms with E-state index in [1.54, 1.807) is 27.7 Å². The van der Waals surface area contributed by atoms with Crippen molar-refractivity contribution in [3.05, 3.63) is 38.0 Å². The van der Waals surface area contributed by atoms with E-state index in [0.29, 0.717) is 6.61 Å². The van der Waals surface area contributed by atoms with Crippen LogP contribution in [0.2, 0.25) is 0 Å². The molecule has 0 aliphatic heterocycles. The molecule has 0 aromatic heterocycles. The normalized spacial score (nSPS) is 10.5. The standard InChI is InChI=1S/2C7H11NO4.C5H8O2.2C4H9NO3.C2H6.2CH4/c1-3-6(9)12-5(2)4-11-7(8)10;1-3-6(9)11-4-5(2)12-7(8)10;1-3-5(6)7-4-2;1-3(6)2-8-4(5)7;1-3(2-6)8-4(5)7;1-2;;/h2*3,5H,1,4H2,2H3,(H2,8,10);3H,1,4H2,2H3;2*3,6H,2H2,1H3,(H2,5,7);1-2H3;2*1H4. The number of primary amides is 4. The van der Waals surface area contributed by atoms with E-state index in [9.17, 15) is 33.6 Å². The Bertz CT molecular complexity index is 962. The third-order valence-corrected chi connectivity index (χ3v) is 3.38. The van der Waals surface area contributed by atoms with Gasteiger partial charge in [-0.3, -0.25) is 0 Å². The minimum atomic E-state index is -0.892. The maximum atomic E-state index is 10.6. The first kappa shape index (κ1) is 64.2. The number of esters is 3. The number of carbonyl (C=O) groups is 7. The van der Waals surface area contributed by atoms with E-state index in [2.05, 4.69) is 70.1 Å². The Hall–Kier alpha value is -5.37. The quantitative estimate of drug-likeness (QED) is 0.0844. The summed E-state index contributed by atoms with van der Waals surface area (Å²) in [5, 5.41) is 16.7. The number of carbonyl (C=O) groups excluding carboxylic acids is 7. The molecule has 4 amide bonds. The van der Waals surface area contributed by atoms with Crippen molar-refractivity contribution in [3.8, 4) is 0 Å². The van der Waals surface area contributed by atoms with Crippen LogP contribution in [-0.2, 0) is 47.5 Å². The summed E-state index contributed by atoms with van der Waals surface area (Å²) in [5.74, 6) is -1.48. The second-order valence-electron chi connectivity index (χ2n) is 8.03. The predicted octanol–water partition coefficient (Wildman–Crippen LogP) is 2.36. The van der Waals surface area contributed by atoms with Crippen molar-refractivity contribution in [2.45, 2.75) is 87.7 Å². The van der Waals surface area contributed by atoms with Gasteiger partial charge in [0, 0.05) is 18.2 Å². The zero-order chi connectivity index (χ0) is 40.0. The first-order valence-electron chi connectivity index (χ1n) is 14.2. The Morgan fingerprint density at radius 1 is 0.569 bits per heavy atom. The van der Waals surface area contributed by atoms with Gasteiger partial charge in [0.2, 0.25) is 0 Å². The van der Waals surface area contributed by atoms with Crippen LogP contribution in [0.1, 0.15) is 63.3 Å². The molecule has 0 aliphatic carbocycles. The van der Waals surface area contributed by atoms with E-state index < -0.39 is 60.7 Å². The van der Waals surface area contributed by atoms with Crippen molar-refractivity contribution in [1.82, 2.24) is 0 Å². The van der Waals surface area contributed by atoms with E-state index in [1.807, 2.05) is 13.8 Å².